The first-order valence-corrected chi connectivity index (χ1v) is 8.20. The number of hydrogen-bond donors (Lipinski definition) is 2. The Bertz CT molecular complexity index is 617. The van der Waals surface area contributed by atoms with Gasteiger partial charge in [0.15, 0.2) is 0 Å². The molecule has 0 saturated carbocycles. The second kappa shape index (κ2) is 5.87. The summed E-state index contributed by atoms with van der Waals surface area (Å²) in [5.41, 5.74) is 0.491. The molecule has 0 amide bonds. The van der Waals surface area contributed by atoms with Crippen molar-refractivity contribution < 1.29 is 13.5 Å². The van der Waals surface area contributed by atoms with Crippen LogP contribution >= 0.6 is 11.3 Å². The van der Waals surface area contributed by atoms with Crippen molar-refractivity contribution in [2.24, 2.45) is 0 Å². The SMILES string of the molecule is CCN(Cc1cccs1)S(=O)(=O)c1c[nH]c(CO)c1. The van der Waals surface area contributed by atoms with Crippen LogP contribution in [0.15, 0.2) is 34.7 Å². The van der Waals surface area contributed by atoms with E-state index >= 15 is 0 Å². The van der Waals surface area contributed by atoms with Gasteiger partial charge >= 0.3 is 0 Å². The van der Waals surface area contributed by atoms with Crippen LogP contribution in [0.1, 0.15) is 17.5 Å². The Labute approximate surface area is 116 Å². The number of thiophene rings is 1. The molecule has 19 heavy (non-hydrogen) atoms. The van der Waals surface area contributed by atoms with E-state index in [0.717, 1.165) is 4.88 Å². The van der Waals surface area contributed by atoms with Crippen LogP contribution in [0.3, 0.4) is 0 Å². The summed E-state index contributed by atoms with van der Waals surface area (Å²) in [6.45, 7) is 2.38. The summed E-state index contributed by atoms with van der Waals surface area (Å²) in [7, 11) is -3.52. The second-order valence-electron chi connectivity index (χ2n) is 4.03. The van der Waals surface area contributed by atoms with E-state index in [0.29, 0.717) is 18.8 Å². The van der Waals surface area contributed by atoms with Crippen molar-refractivity contribution in [1.29, 1.82) is 0 Å². The smallest absolute Gasteiger partial charge is 0.244 e. The molecule has 0 radical (unpaired) electrons. The molecule has 5 nitrogen and oxygen atoms in total. The topological polar surface area (TPSA) is 73.4 Å². The zero-order valence-corrected chi connectivity index (χ0v) is 12.2. The number of nitrogens with zero attached hydrogens (tertiary/aromatic N) is 1. The van der Waals surface area contributed by atoms with Gasteiger partial charge < -0.3 is 10.1 Å². The van der Waals surface area contributed by atoms with Crippen LogP contribution in [0.5, 0.6) is 0 Å². The van der Waals surface area contributed by atoms with E-state index in [4.69, 9.17) is 5.11 Å². The summed E-state index contributed by atoms with van der Waals surface area (Å²) >= 11 is 1.53. The molecular weight excluding hydrogens is 284 g/mol. The molecule has 104 valence electrons. The van der Waals surface area contributed by atoms with Crippen LogP contribution in [0, 0.1) is 0 Å². The number of hydrogen-bond acceptors (Lipinski definition) is 4. The molecule has 0 spiro atoms. The normalized spacial score (nSPS) is 12.2. The Morgan fingerprint density at radius 2 is 2.26 bits per heavy atom. The van der Waals surface area contributed by atoms with Gasteiger partial charge in [0, 0.05) is 29.9 Å². The molecule has 2 heterocycles. The molecule has 0 unspecified atom stereocenters. The van der Waals surface area contributed by atoms with Crippen molar-refractivity contribution in [3.05, 3.63) is 40.3 Å². The standard InChI is InChI=1S/C12H16N2O3S2/c1-2-14(8-11-4-3-5-18-11)19(16,17)12-6-10(9-15)13-7-12/h3-7,13,15H,2,8-9H2,1H3. The maximum absolute atomic E-state index is 12.4. The number of sulfonamides is 1. The lowest BCUT2D eigenvalue weighted by molar-refractivity contribution is 0.277. The van der Waals surface area contributed by atoms with Gasteiger partial charge in [-0.25, -0.2) is 8.42 Å². The Kier molecular flexibility index (Phi) is 4.41. The number of aromatic nitrogens is 1. The summed E-state index contributed by atoms with van der Waals surface area (Å²) in [5.74, 6) is 0. The van der Waals surface area contributed by atoms with Crippen LogP contribution in [-0.2, 0) is 23.2 Å². The zero-order valence-electron chi connectivity index (χ0n) is 10.5. The largest absolute Gasteiger partial charge is 0.390 e. The highest BCUT2D eigenvalue weighted by molar-refractivity contribution is 7.89. The molecule has 0 atom stereocenters. The molecule has 2 aromatic heterocycles. The lowest BCUT2D eigenvalue weighted by Crippen LogP contribution is -2.29. The first-order valence-electron chi connectivity index (χ1n) is 5.88. The van der Waals surface area contributed by atoms with Crippen LogP contribution < -0.4 is 0 Å². The average Bonchev–Trinajstić information content (AvgIpc) is 3.06. The van der Waals surface area contributed by atoms with Gasteiger partial charge in [0.1, 0.15) is 0 Å². The van der Waals surface area contributed by atoms with Crippen LogP contribution in [0.2, 0.25) is 0 Å². The minimum atomic E-state index is -3.52. The minimum absolute atomic E-state index is 0.190. The minimum Gasteiger partial charge on any atom is -0.390 e. The molecule has 0 aliphatic heterocycles. The molecule has 2 rings (SSSR count). The number of aliphatic hydroxyl groups is 1. The summed E-state index contributed by atoms with van der Waals surface area (Å²) in [6.07, 6.45) is 1.41. The third-order valence-electron chi connectivity index (χ3n) is 2.79. The summed E-state index contributed by atoms with van der Waals surface area (Å²) < 4.78 is 26.3. The predicted octanol–water partition coefficient (Wildman–Crippen LogP) is 1.78. The van der Waals surface area contributed by atoms with Gasteiger partial charge in [0.05, 0.1) is 11.5 Å². The van der Waals surface area contributed by atoms with Crippen molar-refractivity contribution in [3.8, 4) is 0 Å². The maximum Gasteiger partial charge on any atom is 0.244 e. The monoisotopic (exact) mass is 300 g/mol. The first kappa shape index (κ1) is 14.3. The van der Waals surface area contributed by atoms with Gasteiger partial charge in [-0.05, 0) is 17.5 Å². The highest BCUT2D eigenvalue weighted by Gasteiger charge is 2.24. The first-order chi connectivity index (χ1) is 9.07. The number of nitrogens with one attached hydrogen (secondary N) is 1. The van der Waals surface area contributed by atoms with Crippen molar-refractivity contribution in [3.63, 3.8) is 0 Å². The van der Waals surface area contributed by atoms with E-state index in [-0.39, 0.29) is 11.5 Å². The van der Waals surface area contributed by atoms with Gasteiger partial charge in [-0.15, -0.1) is 11.3 Å². The predicted molar refractivity (Wildman–Crippen MR) is 74.3 cm³/mol. The van der Waals surface area contributed by atoms with Gasteiger partial charge in [0.2, 0.25) is 10.0 Å². The number of aliphatic hydroxyl groups excluding tert-OH is 1. The highest BCUT2D eigenvalue weighted by atomic mass is 32.2. The van der Waals surface area contributed by atoms with E-state index in [9.17, 15) is 8.42 Å². The van der Waals surface area contributed by atoms with Crippen LogP contribution in [-0.4, -0.2) is 29.4 Å². The molecule has 0 aromatic carbocycles. The molecule has 0 bridgehead atoms. The Balaban J connectivity index is 2.25. The van der Waals surface area contributed by atoms with E-state index in [1.165, 1.54) is 27.9 Å². The lowest BCUT2D eigenvalue weighted by atomic mass is 10.4. The second-order valence-corrected chi connectivity index (χ2v) is 7.00. The molecule has 2 N–H and O–H groups in total. The summed E-state index contributed by atoms with van der Waals surface area (Å²) in [4.78, 5) is 3.94. The molecule has 7 heteroatoms. The van der Waals surface area contributed by atoms with Crippen molar-refractivity contribution in [1.82, 2.24) is 9.29 Å². The molecular formula is C12H16N2O3S2. The van der Waals surface area contributed by atoms with Crippen molar-refractivity contribution >= 4 is 21.4 Å². The third-order valence-corrected chi connectivity index (χ3v) is 5.55. The lowest BCUT2D eigenvalue weighted by Gasteiger charge is -2.18. The summed E-state index contributed by atoms with van der Waals surface area (Å²) in [6, 6.07) is 5.28. The van der Waals surface area contributed by atoms with E-state index < -0.39 is 10.0 Å². The fourth-order valence-corrected chi connectivity index (χ4v) is 4.00. The van der Waals surface area contributed by atoms with E-state index in [1.807, 2.05) is 24.4 Å². The van der Waals surface area contributed by atoms with Crippen molar-refractivity contribution in [2.75, 3.05) is 6.54 Å². The average molecular weight is 300 g/mol. The van der Waals surface area contributed by atoms with E-state index in [2.05, 4.69) is 4.98 Å². The molecule has 0 saturated heterocycles. The summed E-state index contributed by atoms with van der Waals surface area (Å²) in [5, 5.41) is 10.9. The van der Waals surface area contributed by atoms with E-state index in [1.54, 1.807) is 0 Å². The molecule has 2 aromatic rings. The third kappa shape index (κ3) is 3.06. The van der Waals surface area contributed by atoms with Crippen molar-refractivity contribution in [2.45, 2.75) is 25.0 Å². The fourth-order valence-electron chi connectivity index (χ4n) is 1.75. The van der Waals surface area contributed by atoms with Gasteiger partial charge in [-0.3, -0.25) is 0 Å². The molecule has 0 fully saturated rings. The Morgan fingerprint density at radius 3 is 2.79 bits per heavy atom. The number of aromatic amines is 1. The Hall–Kier alpha value is -1.15. The van der Waals surface area contributed by atoms with Crippen LogP contribution in [0.25, 0.3) is 0 Å². The fraction of sp³-hybridized carbons (Fsp3) is 0.333. The number of rotatable bonds is 6. The highest BCUT2D eigenvalue weighted by Crippen LogP contribution is 2.20. The van der Waals surface area contributed by atoms with Gasteiger partial charge in [-0.2, -0.15) is 4.31 Å². The maximum atomic E-state index is 12.4. The molecule has 0 aliphatic carbocycles. The zero-order chi connectivity index (χ0) is 13.9. The Morgan fingerprint density at radius 1 is 1.47 bits per heavy atom. The van der Waals surface area contributed by atoms with Gasteiger partial charge in [0.25, 0.3) is 0 Å². The quantitative estimate of drug-likeness (QED) is 0.854. The van der Waals surface area contributed by atoms with Gasteiger partial charge in [-0.1, -0.05) is 13.0 Å². The van der Waals surface area contributed by atoms with Crippen LogP contribution in [0.4, 0.5) is 0 Å². The number of H-pyrrole nitrogens is 1. The molecule has 0 aliphatic rings.